The number of halogens is 2. The quantitative estimate of drug-likeness (QED) is 0.400. The van der Waals surface area contributed by atoms with Crippen LogP contribution in [0.4, 0.5) is 8.78 Å². The molecule has 0 saturated heterocycles. The Morgan fingerprint density at radius 2 is 1.74 bits per heavy atom. The molecule has 0 heterocycles. The lowest BCUT2D eigenvalue weighted by Crippen LogP contribution is -2.28. The van der Waals surface area contributed by atoms with Gasteiger partial charge < -0.3 is 0 Å². The predicted octanol–water partition coefficient (Wildman–Crippen LogP) is 4.22. The highest BCUT2D eigenvalue weighted by atomic mass is 19.2. The maximum absolute atomic E-state index is 13.2. The van der Waals surface area contributed by atoms with Gasteiger partial charge in [-0.05, 0) is 24.1 Å². The van der Waals surface area contributed by atoms with Crippen LogP contribution in [0.1, 0.15) is 63.5 Å². The standard InChI is InChI=1S/C15H24F2N2/c1-2-3-4-5-6-7-8-15(19-18)12-9-10-13(16)14(17)11-12/h9-11,15,19H,2-8,18H2,1H3. The summed E-state index contributed by atoms with van der Waals surface area (Å²) in [6, 6.07) is 3.84. The second kappa shape index (κ2) is 8.99. The average molecular weight is 270 g/mol. The Balaban J connectivity index is 2.38. The zero-order chi connectivity index (χ0) is 14.1. The summed E-state index contributed by atoms with van der Waals surface area (Å²) in [4.78, 5) is 0. The van der Waals surface area contributed by atoms with Crippen LogP contribution in [0, 0.1) is 11.6 Å². The minimum Gasteiger partial charge on any atom is -0.271 e. The normalized spacial score (nSPS) is 12.6. The van der Waals surface area contributed by atoms with Gasteiger partial charge in [0, 0.05) is 6.04 Å². The third-order valence-electron chi connectivity index (χ3n) is 3.39. The first-order valence-electron chi connectivity index (χ1n) is 7.10. The average Bonchev–Trinajstić information content (AvgIpc) is 2.41. The van der Waals surface area contributed by atoms with Gasteiger partial charge in [-0.3, -0.25) is 11.3 Å². The van der Waals surface area contributed by atoms with Gasteiger partial charge in [-0.25, -0.2) is 8.78 Å². The van der Waals surface area contributed by atoms with Crippen molar-refractivity contribution >= 4 is 0 Å². The summed E-state index contributed by atoms with van der Waals surface area (Å²) in [5, 5.41) is 0. The second-order valence-electron chi connectivity index (χ2n) is 4.95. The van der Waals surface area contributed by atoms with Crippen LogP contribution in [0.3, 0.4) is 0 Å². The molecular formula is C15H24F2N2. The molecule has 0 bridgehead atoms. The van der Waals surface area contributed by atoms with Gasteiger partial charge in [-0.2, -0.15) is 0 Å². The highest BCUT2D eigenvalue weighted by Gasteiger charge is 2.11. The lowest BCUT2D eigenvalue weighted by atomic mass is 10.00. The number of hydrogen-bond donors (Lipinski definition) is 2. The van der Waals surface area contributed by atoms with Crippen molar-refractivity contribution in [1.82, 2.24) is 5.43 Å². The van der Waals surface area contributed by atoms with Crippen LogP contribution in [-0.2, 0) is 0 Å². The Morgan fingerprint density at radius 3 is 2.37 bits per heavy atom. The molecule has 0 amide bonds. The van der Waals surface area contributed by atoms with Gasteiger partial charge in [0.05, 0.1) is 0 Å². The highest BCUT2D eigenvalue weighted by Crippen LogP contribution is 2.21. The zero-order valence-electron chi connectivity index (χ0n) is 11.6. The van der Waals surface area contributed by atoms with Gasteiger partial charge >= 0.3 is 0 Å². The molecule has 1 rings (SSSR count). The summed E-state index contributed by atoms with van der Waals surface area (Å²) >= 11 is 0. The van der Waals surface area contributed by atoms with E-state index in [4.69, 9.17) is 5.84 Å². The van der Waals surface area contributed by atoms with E-state index in [1.54, 1.807) is 6.07 Å². The molecule has 0 fully saturated rings. The Morgan fingerprint density at radius 1 is 1.05 bits per heavy atom. The van der Waals surface area contributed by atoms with Crippen LogP contribution in [0.2, 0.25) is 0 Å². The van der Waals surface area contributed by atoms with Crippen LogP contribution >= 0.6 is 0 Å². The molecule has 0 radical (unpaired) electrons. The summed E-state index contributed by atoms with van der Waals surface area (Å²) < 4.78 is 26.0. The van der Waals surface area contributed by atoms with Crippen molar-refractivity contribution in [3.8, 4) is 0 Å². The van der Waals surface area contributed by atoms with E-state index in [9.17, 15) is 8.78 Å². The molecule has 0 aromatic heterocycles. The van der Waals surface area contributed by atoms with Crippen LogP contribution in [-0.4, -0.2) is 0 Å². The number of hydrazine groups is 1. The Hall–Kier alpha value is -1.00. The van der Waals surface area contributed by atoms with Crippen molar-refractivity contribution < 1.29 is 8.78 Å². The van der Waals surface area contributed by atoms with E-state index in [0.717, 1.165) is 25.3 Å². The molecule has 1 aromatic rings. The Bertz CT molecular complexity index is 369. The van der Waals surface area contributed by atoms with E-state index >= 15 is 0 Å². The van der Waals surface area contributed by atoms with Crippen molar-refractivity contribution in [3.63, 3.8) is 0 Å². The minimum atomic E-state index is -0.820. The molecule has 0 saturated carbocycles. The molecular weight excluding hydrogens is 246 g/mol. The van der Waals surface area contributed by atoms with Gasteiger partial charge in [0.2, 0.25) is 0 Å². The van der Waals surface area contributed by atoms with Crippen LogP contribution in [0.5, 0.6) is 0 Å². The third-order valence-corrected chi connectivity index (χ3v) is 3.39. The van der Waals surface area contributed by atoms with Gasteiger partial charge in [0.15, 0.2) is 11.6 Å². The van der Waals surface area contributed by atoms with Crippen molar-refractivity contribution in [1.29, 1.82) is 0 Å². The molecule has 1 atom stereocenters. The molecule has 0 aliphatic carbocycles. The van der Waals surface area contributed by atoms with Crippen molar-refractivity contribution in [2.24, 2.45) is 5.84 Å². The smallest absolute Gasteiger partial charge is 0.159 e. The molecule has 0 aliphatic heterocycles. The molecule has 1 aromatic carbocycles. The molecule has 4 heteroatoms. The lowest BCUT2D eigenvalue weighted by molar-refractivity contribution is 0.467. The second-order valence-corrected chi connectivity index (χ2v) is 4.95. The fourth-order valence-corrected chi connectivity index (χ4v) is 2.20. The highest BCUT2D eigenvalue weighted by molar-refractivity contribution is 5.21. The molecule has 2 nitrogen and oxygen atoms in total. The minimum absolute atomic E-state index is 0.110. The summed E-state index contributed by atoms with van der Waals surface area (Å²) in [5.74, 6) is 3.85. The summed E-state index contributed by atoms with van der Waals surface area (Å²) in [5.41, 5.74) is 3.38. The monoisotopic (exact) mass is 270 g/mol. The van der Waals surface area contributed by atoms with E-state index in [1.165, 1.54) is 31.7 Å². The summed E-state index contributed by atoms with van der Waals surface area (Å²) in [6.45, 7) is 2.19. The predicted molar refractivity (Wildman–Crippen MR) is 74.4 cm³/mol. The van der Waals surface area contributed by atoms with Gasteiger partial charge in [-0.15, -0.1) is 0 Å². The fraction of sp³-hybridized carbons (Fsp3) is 0.600. The number of unbranched alkanes of at least 4 members (excludes halogenated alkanes) is 5. The summed E-state index contributed by atoms with van der Waals surface area (Å²) in [6.07, 6.45) is 8.04. The Kier molecular flexibility index (Phi) is 7.60. The number of nitrogens with two attached hydrogens (primary N) is 1. The molecule has 0 spiro atoms. The van der Waals surface area contributed by atoms with Crippen molar-refractivity contribution in [2.45, 2.75) is 57.9 Å². The van der Waals surface area contributed by atoms with Gasteiger partial charge in [0.25, 0.3) is 0 Å². The lowest BCUT2D eigenvalue weighted by Gasteiger charge is -2.16. The Labute approximate surface area is 114 Å². The third kappa shape index (κ3) is 5.66. The number of hydrogen-bond acceptors (Lipinski definition) is 2. The maximum Gasteiger partial charge on any atom is 0.159 e. The number of benzene rings is 1. The first kappa shape index (κ1) is 16.1. The van der Waals surface area contributed by atoms with E-state index in [0.29, 0.717) is 5.56 Å². The topological polar surface area (TPSA) is 38.0 Å². The zero-order valence-corrected chi connectivity index (χ0v) is 11.6. The maximum atomic E-state index is 13.2. The van der Waals surface area contributed by atoms with Crippen molar-refractivity contribution in [2.75, 3.05) is 0 Å². The SMILES string of the molecule is CCCCCCCCC(NN)c1ccc(F)c(F)c1. The largest absolute Gasteiger partial charge is 0.271 e. The van der Waals surface area contributed by atoms with Gasteiger partial charge in [-0.1, -0.05) is 51.5 Å². The van der Waals surface area contributed by atoms with E-state index in [1.807, 2.05) is 0 Å². The molecule has 108 valence electrons. The van der Waals surface area contributed by atoms with E-state index < -0.39 is 11.6 Å². The number of rotatable bonds is 9. The van der Waals surface area contributed by atoms with E-state index in [-0.39, 0.29) is 6.04 Å². The fourth-order valence-electron chi connectivity index (χ4n) is 2.20. The molecule has 3 N–H and O–H groups in total. The first-order chi connectivity index (χ1) is 9.19. The molecule has 1 unspecified atom stereocenters. The molecule has 0 aliphatic rings. The van der Waals surface area contributed by atoms with Gasteiger partial charge in [0.1, 0.15) is 0 Å². The first-order valence-corrected chi connectivity index (χ1v) is 7.10. The van der Waals surface area contributed by atoms with Crippen LogP contribution < -0.4 is 11.3 Å². The van der Waals surface area contributed by atoms with Crippen LogP contribution in [0.15, 0.2) is 18.2 Å². The number of nitrogens with one attached hydrogen (secondary N) is 1. The van der Waals surface area contributed by atoms with Crippen molar-refractivity contribution in [3.05, 3.63) is 35.4 Å². The molecule has 19 heavy (non-hydrogen) atoms. The van der Waals surface area contributed by atoms with Crippen LogP contribution in [0.25, 0.3) is 0 Å². The van der Waals surface area contributed by atoms with E-state index in [2.05, 4.69) is 12.3 Å². The summed E-state index contributed by atoms with van der Waals surface area (Å²) in [7, 11) is 0.